The quantitative estimate of drug-likeness (QED) is 0.363. The van der Waals surface area contributed by atoms with Gasteiger partial charge < -0.3 is 14.9 Å². The first kappa shape index (κ1) is 15.0. The summed E-state index contributed by atoms with van der Waals surface area (Å²) in [6, 6.07) is 4.74. The molecule has 2 unspecified atom stereocenters. The highest BCUT2D eigenvalue weighted by Crippen LogP contribution is 2.24. The predicted octanol–water partition coefficient (Wildman–Crippen LogP) is 1.49. The van der Waals surface area contributed by atoms with E-state index in [0.717, 1.165) is 0 Å². The summed E-state index contributed by atoms with van der Waals surface area (Å²) in [7, 11) is 1.27. The molecule has 0 aromatic heterocycles. The van der Waals surface area contributed by atoms with Gasteiger partial charge in [0.1, 0.15) is 6.10 Å². The number of azide groups is 1. The molecule has 0 radical (unpaired) electrons. The standard InChI is InChI=1S/C12H15N3O4/c1-7-8(11(17)10(16)6-14-15-13)4-3-5-9(7)12(18)19-2/h3-5,10-11,16-17H,6H2,1-2H3. The summed E-state index contributed by atoms with van der Waals surface area (Å²) in [5, 5.41) is 22.9. The van der Waals surface area contributed by atoms with E-state index in [1.54, 1.807) is 25.1 Å². The van der Waals surface area contributed by atoms with Crippen molar-refractivity contribution in [2.24, 2.45) is 5.11 Å². The molecule has 1 aromatic carbocycles. The van der Waals surface area contributed by atoms with Crippen LogP contribution in [-0.2, 0) is 4.74 Å². The summed E-state index contributed by atoms with van der Waals surface area (Å²) in [5.41, 5.74) is 9.40. The van der Waals surface area contributed by atoms with Crippen LogP contribution in [-0.4, -0.2) is 35.9 Å². The van der Waals surface area contributed by atoms with Crippen molar-refractivity contribution in [1.29, 1.82) is 0 Å². The molecule has 1 rings (SSSR count). The summed E-state index contributed by atoms with van der Waals surface area (Å²) in [5.74, 6) is -0.518. The van der Waals surface area contributed by atoms with Gasteiger partial charge in [-0.2, -0.15) is 0 Å². The first-order valence-corrected chi connectivity index (χ1v) is 5.57. The zero-order valence-electron chi connectivity index (χ0n) is 10.6. The fourth-order valence-corrected chi connectivity index (χ4v) is 1.73. The molecule has 7 heteroatoms. The number of aliphatic hydroxyl groups is 2. The Balaban J connectivity index is 3.07. The Morgan fingerprint density at radius 2 is 2.21 bits per heavy atom. The average Bonchev–Trinajstić information content (AvgIpc) is 2.43. The molecule has 1 aromatic rings. The van der Waals surface area contributed by atoms with Crippen LogP contribution in [0.3, 0.4) is 0 Å². The van der Waals surface area contributed by atoms with Crippen molar-refractivity contribution in [3.8, 4) is 0 Å². The van der Waals surface area contributed by atoms with Crippen LogP contribution in [0.4, 0.5) is 0 Å². The number of esters is 1. The van der Waals surface area contributed by atoms with Gasteiger partial charge in [-0.05, 0) is 29.6 Å². The Bertz CT molecular complexity index is 512. The van der Waals surface area contributed by atoms with Gasteiger partial charge in [0.15, 0.2) is 0 Å². The molecule has 2 atom stereocenters. The number of aliphatic hydroxyl groups excluding tert-OH is 2. The molecule has 0 bridgehead atoms. The monoisotopic (exact) mass is 265 g/mol. The van der Waals surface area contributed by atoms with Gasteiger partial charge in [0.2, 0.25) is 0 Å². The Hall–Kier alpha value is -2.08. The minimum atomic E-state index is -1.24. The highest BCUT2D eigenvalue weighted by Gasteiger charge is 2.22. The lowest BCUT2D eigenvalue weighted by Gasteiger charge is -2.19. The summed E-state index contributed by atoms with van der Waals surface area (Å²) < 4.78 is 4.63. The van der Waals surface area contributed by atoms with Crippen molar-refractivity contribution < 1.29 is 19.7 Å². The van der Waals surface area contributed by atoms with Gasteiger partial charge in [0.25, 0.3) is 0 Å². The van der Waals surface area contributed by atoms with E-state index in [0.29, 0.717) is 16.7 Å². The van der Waals surface area contributed by atoms with Crippen molar-refractivity contribution in [2.45, 2.75) is 19.1 Å². The van der Waals surface area contributed by atoms with E-state index in [1.807, 2.05) is 0 Å². The second-order valence-corrected chi connectivity index (χ2v) is 3.94. The minimum absolute atomic E-state index is 0.250. The number of methoxy groups -OCH3 is 1. The fourth-order valence-electron chi connectivity index (χ4n) is 1.73. The Kier molecular flexibility index (Phi) is 5.32. The molecule has 0 saturated heterocycles. The highest BCUT2D eigenvalue weighted by molar-refractivity contribution is 5.91. The molecular formula is C12H15N3O4. The first-order valence-electron chi connectivity index (χ1n) is 5.57. The smallest absolute Gasteiger partial charge is 0.338 e. The summed E-state index contributed by atoms with van der Waals surface area (Å²) >= 11 is 0. The van der Waals surface area contributed by atoms with Crippen LogP contribution in [0.5, 0.6) is 0 Å². The largest absolute Gasteiger partial charge is 0.465 e. The van der Waals surface area contributed by atoms with Crippen LogP contribution in [0.25, 0.3) is 10.4 Å². The third-order valence-corrected chi connectivity index (χ3v) is 2.80. The lowest BCUT2D eigenvalue weighted by molar-refractivity contribution is 0.0239. The Morgan fingerprint density at radius 3 is 2.79 bits per heavy atom. The number of carbonyl (C=O) groups is 1. The minimum Gasteiger partial charge on any atom is -0.465 e. The molecule has 0 aliphatic heterocycles. The van der Waals surface area contributed by atoms with E-state index >= 15 is 0 Å². The Morgan fingerprint density at radius 1 is 1.53 bits per heavy atom. The van der Waals surface area contributed by atoms with Crippen LogP contribution < -0.4 is 0 Å². The van der Waals surface area contributed by atoms with Gasteiger partial charge in [-0.1, -0.05) is 17.2 Å². The topological polar surface area (TPSA) is 116 Å². The van der Waals surface area contributed by atoms with Crippen molar-refractivity contribution in [1.82, 2.24) is 0 Å². The van der Waals surface area contributed by atoms with E-state index < -0.39 is 18.2 Å². The van der Waals surface area contributed by atoms with Gasteiger partial charge in [0.05, 0.1) is 25.3 Å². The van der Waals surface area contributed by atoms with Gasteiger partial charge >= 0.3 is 5.97 Å². The molecule has 7 nitrogen and oxygen atoms in total. The third-order valence-electron chi connectivity index (χ3n) is 2.80. The third kappa shape index (κ3) is 3.45. The summed E-state index contributed by atoms with van der Waals surface area (Å²) in [6.45, 7) is 1.39. The molecule has 0 aliphatic rings. The van der Waals surface area contributed by atoms with Crippen LogP contribution in [0.15, 0.2) is 23.3 Å². The van der Waals surface area contributed by atoms with Crippen LogP contribution in [0, 0.1) is 6.92 Å². The van der Waals surface area contributed by atoms with Crippen molar-refractivity contribution in [2.75, 3.05) is 13.7 Å². The predicted molar refractivity (Wildman–Crippen MR) is 67.5 cm³/mol. The number of hydrogen-bond donors (Lipinski definition) is 2. The van der Waals surface area contributed by atoms with Crippen molar-refractivity contribution in [3.05, 3.63) is 45.3 Å². The summed E-state index contributed by atoms with van der Waals surface area (Å²) in [6.07, 6.45) is -2.47. The maximum absolute atomic E-state index is 11.5. The number of hydrogen-bond acceptors (Lipinski definition) is 5. The molecule has 0 heterocycles. The molecule has 0 saturated carbocycles. The lowest BCUT2D eigenvalue weighted by atomic mass is 9.95. The molecule has 2 N–H and O–H groups in total. The molecule has 0 spiro atoms. The first-order chi connectivity index (χ1) is 9.02. The molecule has 0 aliphatic carbocycles. The van der Waals surface area contributed by atoms with E-state index in [2.05, 4.69) is 14.8 Å². The maximum atomic E-state index is 11.5. The number of rotatable bonds is 5. The molecule has 0 amide bonds. The maximum Gasteiger partial charge on any atom is 0.338 e. The number of benzene rings is 1. The molecule has 102 valence electrons. The fraction of sp³-hybridized carbons (Fsp3) is 0.417. The number of ether oxygens (including phenoxy) is 1. The van der Waals surface area contributed by atoms with E-state index in [4.69, 9.17) is 5.53 Å². The van der Waals surface area contributed by atoms with Gasteiger partial charge in [0, 0.05) is 4.91 Å². The SMILES string of the molecule is COC(=O)c1cccc(C(O)C(O)CN=[N+]=[N-])c1C. The molecule has 19 heavy (non-hydrogen) atoms. The van der Waals surface area contributed by atoms with Crippen molar-refractivity contribution >= 4 is 5.97 Å². The normalized spacial score (nSPS) is 13.3. The van der Waals surface area contributed by atoms with Crippen LogP contribution in [0.1, 0.15) is 27.6 Å². The highest BCUT2D eigenvalue weighted by atomic mass is 16.5. The van der Waals surface area contributed by atoms with Gasteiger partial charge in [-0.3, -0.25) is 0 Å². The van der Waals surface area contributed by atoms with Gasteiger partial charge in [-0.25, -0.2) is 4.79 Å². The molecular weight excluding hydrogens is 250 g/mol. The lowest BCUT2D eigenvalue weighted by Crippen LogP contribution is -2.22. The van der Waals surface area contributed by atoms with E-state index in [-0.39, 0.29) is 6.54 Å². The number of nitrogens with zero attached hydrogens (tertiary/aromatic N) is 3. The Labute approximate surface area is 110 Å². The second kappa shape index (κ2) is 6.75. The van der Waals surface area contributed by atoms with Crippen molar-refractivity contribution in [3.63, 3.8) is 0 Å². The van der Waals surface area contributed by atoms with E-state index in [1.165, 1.54) is 7.11 Å². The number of carbonyl (C=O) groups excluding carboxylic acids is 1. The average molecular weight is 265 g/mol. The summed E-state index contributed by atoms with van der Waals surface area (Å²) in [4.78, 5) is 14.0. The van der Waals surface area contributed by atoms with Crippen LogP contribution >= 0.6 is 0 Å². The second-order valence-electron chi connectivity index (χ2n) is 3.94. The zero-order valence-corrected chi connectivity index (χ0v) is 10.6. The molecule has 0 fully saturated rings. The van der Waals surface area contributed by atoms with E-state index in [9.17, 15) is 15.0 Å². The van der Waals surface area contributed by atoms with Crippen LogP contribution in [0.2, 0.25) is 0 Å². The van der Waals surface area contributed by atoms with Gasteiger partial charge in [-0.15, -0.1) is 0 Å². The zero-order chi connectivity index (χ0) is 14.4.